The predicted molar refractivity (Wildman–Crippen MR) is 74.3 cm³/mol. The van der Waals surface area contributed by atoms with Gasteiger partial charge in [0.05, 0.1) is 0 Å². The molecule has 0 spiro atoms. The molecule has 2 aromatic heterocycles. The quantitative estimate of drug-likeness (QED) is 0.460. The Kier molecular flexibility index (Phi) is 4.80. The van der Waals surface area contributed by atoms with Gasteiger partial charge in [-0.3, -0.25) is 9.99 Å². The topological polar surface area (TPSA) is 118 Å². The van der Waals surface area contributed by atoms with Crippen LogP contribution < -0.4 is 16.2 Å². The van der Waals surface area contributed by atoms with Crippen LogP contribution in [-0.2, 0) is 0 Å². The highest BCUT2D eigenvalue weighted by Gasteiger charge is 2.12. The maximum atomic E-state index is 8.94. The molecule has 0 aromatic carbocycles. The fourth-order valence-corrected chi connectivity index (χ4v) is 1.71. The maximum absolute atomic E-state index is 8.94. The highest BCUT2D eigenvalue weighted by Crippen LogP contribution is 2.13. The summed E-state index contributed by atoms with van der Waals surface area (Å²) in [7, 11) is 0. The van der Waals surface area contributed by atoms with Gasteiger partial charge in [-0.15, -0.1) is 0 Å². The monoisotopic (exact) mass is 278 g/mol. The van der Waals surface area contributed by atoms with E-state index in [-0.39, 0.29) is 12.6 Å². The van der Waals surface area contributed by atoms with Crippen molar-refractivity contribution >= 4 is 11.9 Å². The van der Waals surface area contributed by atoms with Gasteiger partial charge in [0.25, 0.3) is 0 Å². The number of nitrogen functional groups attached to an aromatic ring is 1. The van der Waals surface area contributed by atoms with E-state index in [1.807, 2.05) is 11.8 Å². The summed E-state index contributed by atoms with van der Waals surface area (Å²) in [6, 6.07) is 0. The number of aliphatic hydroxyl groups is 1. The van der Waals surface area contributed by atoms with Gasteiger partial charge in [0.15, 0.2) is 0 Å². The van der Waals surface area contributed by atoms with Crippen LogP contribution in [0, 0.1) is 0 Å². The summed E-state index contributed by atoms with van der Waals surface area (Å²) in [6.07, 6.45) is 5.63. The van der Waals surface area contributed by atoms with Gasteiger partial charge in [-0.05, 0) is 13.3 Å². The van der Waals surface area contributed by atoms with E-state index in [4.69, 9.17) is 10.9 Å². The van der Waals surface area contributed by atoms with E-state index in [1.165, 1.54) is 0 Å². The number of nitrogens with one attached hydrogen (secondary N) is 1. The van der Waals surface area contributed by atoms with E-state index in [0.717, 1.165) is 6.54 Å². The molecule has 0 unspecified atom stereocenters. The van der Waals surface area contributed by atoms with Crippen molar-refractivity contribution in [3.63, 3.8) is 0 Å². The molecule has 0 fully saturated rings. The van der Waals surface area contributed by atoms with Crippen LogP contribution in [0.25, 0.3) is 5.95 Å². The van der Waals surface area contributed by atoms with Crippen molar-refractivity contribution in [1.82, 2.24) is 24.5 Å². The molecule has 0 saturated carbocycles. The van der Waals surface area contributed by atoms with E-state index >= 15 is 0 Å². The standard InChI is InChI=1S/C11H18N8O/c1-2-18(5-3-7-20)10-14-9(17-12)15-11(16-10)19-6-4-13-8-19/h4,6,8,20H,2-3,5,7,12H2,1H3,(H,14,15,16,17). The molecule has 9 heteroatoms. The van der Waals surface area contributed by atoms with Crippen LogP contribution in [0.5, 0.6) is 0 Å². The second kappa shape index (κ2) is 6.78. The van der Waals surface area contributed by atoms with Crippen LogP contribution in [0.4, 0.5) is 11.9 Å². The lowest BCUT2D eigenvalue weighted by molar-refractivity contribution is 0.289. The number of anilines is 2. The van der Waals surface area contributed by atoms with Crippen molar-refractivity contribution in [1.29, 1.82) is 0 Å². The molecule has 0 radical (unpaired) electrons. The zero-order valence-electron chi connectivity index (χ0n) is 11.3. The Hall–Kier alpha value is -2.26. The summed E-state index contributed by atoms with van der Waals surface area (Å²) in [5, 5.41) is 8.94. The molecule has 0 amide bonds. The Bertz CT molecular complexity index is 529. The lowest BCUT2D eigenvalue weighted by Gasteiger charge is -2.21. The minimum atomic E-state index is 0.123. The molecule has 108 valence electrons. The van der Waals surface area contributed by atoms with E-state index in [2.05, 4.69) is 25.4 Å². The van der Waals surface area contributed by atoms with E-state index < -0.39 is 0 Å². The first-order valence-corrected chi connectivity index (χ1v) is 6.35. The van der Waals surface area contributed by atoms with Gasteiger partial charge in [-0.25, -0.2) is 10.8 Å². The highest BCUT2D eigenvalue weighted by molar-refractivity contribution is 5.39. The molecule has 20 heavy (non-hydrogen) atoms. The summed E-state index contributed by atoms with van der Waals surface area (Å²) < 4.78 is 1.67. The highest BCUT2D eigenvalue weighted by atomic mass is 16.3. The van der Waals surface area contributed by atoms with Crippen molar-refractivity contribution in [2.75, 3.05) is 30.0 Å². The summed E-state index contributed by atoms with van der Waals surface area (Å²) >= 11 is 0. The second-order valence-corrected chi connectivity index (χ2v) is 4.03. The molecule has 0 bridgehead atoms. The fourth-order valence-electron chi connectivity index (χ4n) is 1.71. The zero-order chi connectivity index (χ0) is 14.4. The average molecular weight is 278 g/mol. The van der Waals surface area contributed by atoms with Gasteiger partial charge in [0.1, 0.15) is 6.33 Å². The number of imidazole rings is 1. The van der Waals surface area contributed by atoms with Crippen molar-refractivity contribution in [3.8, 4) is 5.95 Å². The molecule has 0 saturated heterocycles. The summed E-state index contributed by atoms with van der Waals surface area (Å²) in [5.41, 5.74) is 2.43. The van der Waals surface area contributed by atoms with Gasteiger partial charge < -0.3 is 10.0 Å². The number of hydrazine groups is 1. The number of nitrogens with two attached hydrogens (primary N) is 1. The first-order chi connectivity index (χ1) is 9.78. The molecule has 0 aliphatic heterocycles. The minimum Gasteiger partial charge on any atom is -0.396 e. The third-order valence-corrected chi connectivity index (χ3v) is 2.73. The van der Waals surface area contributed by atoms with Crippen LogP contribution in [0.15, 0.2) is 18.7 Å². The smallest absolute Gasteiger partial charge is 0.243 e. The van der Waals surface area contributed by atoms with Crippen LogP contribution >= 0.6 is 0 Å². The number of rotatable bonds is 7. The molecule has 2 rings (SSSR count). The fraction of sp³-hybridized carbons (Fsp3) is 0.455. The SMILES string of the molecule is CCN(CCCO)c1nc(NN)nc(-n2ccnc2)n1. The van der Waals surface area contributed by atoms with Crippen molar-refractivity contribution in [2.45, 2.75) is 13.3 Å². The first kappa shape index (κ1) is 14.2. The van der Waals surface area contributed by atoms with Gasteiger partial charge in [-0.1, -0.05) is 0 Å². The number of hydrogen-bond acceptors (Lipinski definition) is 8. The molecule has 4 N–H and O–H groups in total. The Morgan fingerprint density at radius 1 is 1.40 bits per heavy atom. The second-order valence-electron chi connectivity index (χ2n) is 4.03. The van der Waals surface area contributed by atoms with Crippen molar-refractivity contribution < 1.29 is 5.11 Å². The Morgan fingerprint density at radius 3 is 2.85 bits per heavy atom. The summed E-state index contributed by atoms with van der Waals surface area (Å²) in [4.78, 5) is 18.7. The number of aliphatic hydroxyl groups excluding tert-OH is 1. The average Bonchev–Trinajstić information content (AvgIpc) is 3.02. The lowest BCUT2D eigenvalue weighted by atomic mass is 10.4. The molecule has 9 nitrogen and oxygen atoms in total. The van der Waals surface area contributed by atoms with Gasteiger partial charge in [0, 0.05) is 32.1 Å². The Balaban J connectivity index is 2.34. The molecular formula is C11H18N8O. The molecule has 2 aromatic rings. The zero-order valence-corrected chi connectivity index (χ0v) is 11.3. The normalized spacial score (nSPS) is 10.6. The van der Waals surface area contributed by atoms with Crippen molar-refractivity contribution in [3.05, 3.63) is 18.7 Å². The molecule has 0 aliphatic carbocycles. The summed E-state index contributed by atoms with van der Waals surface area (Å²) in [5.74, 6) is 6.62. The summed E-state index contributed by atoms with van der Waals surface area (Å²) in [6.45, 7) is 3.49. The largest absolute Gasteiger partial charge is 0.396 e. The lowest BCUT2D eigenvalue weighted by Crippen LogP contribution is -2.28. The van der Waals surface area contributed by atoms with Crippen LogP contribution in [0.2, 0.25) is 0 Å². The molecular weight excluding hydrogens is 260 g/mol. The van der Waals surface area contributed by atoms with Gasteiger partial charge in [-0.2, -0.15) is 15.0 Å². The van der Waals surface area contributed by atoms with Gasteiger partial charge in [0.2, 0.25) is 17.8 Å². The maximum Gasteiger partial charge on any atom is 0.243 e. The number of hydrogen-bond donors (Lipinski definition) is 3. The van der Waals surface area contributed by atoms with E-state index in [1.54, 1.807) is 23.3 Å². The van der Waals surface area contributed by atoms with E-state index in [0.29, 0.717) is 24.9 Å². The van der Waals surface area contributed by atoms with Crippen LogP contribution in [-0.4, -0.2) is 49.3 Å². The van der Waals surface area contributed by atoms with E-state index in [9.17, 15) is 0 Å². The third-order valence-electron chi connectivity index (χ3n) is 2.73. The van der Waals surface area contributed by atoms with Crippen molar-refractivity contribution in [2.24, 2.45) is 5.84 Å². The third kappa shape index (κ3) is 3.19. The minimum absolute atomic E-state index is 0.123. The molecule has 0 atom stereocenters. The van der Waals surface area contributed by atoms with Gasteiger partial charge >= 0.3 is 0 Å². The number of nitrogens with zero attached hydrogens (tertiary/aromatic N) is 6. The Labute approximate surface area is 116 Å². The first-order valence-electron chi connectivity index (χ1n) is 6.35. The molecule has 2 heterocycles. The Morgan fingerprint density at radius 2 is 2.25 bits per heavy atom. The van der Waals surface area contributed by atoms with Crippen LogP contribution in [0.3, 0.4) is 0 Å². The van der Waals surface area contributed by atoms with Crippen LogP contribution in [0.1, 0.15) is 13.3 Å². The number of aromatic nitrogens is 5. The molecule has 0 aliphatic rings. The predicted octanol–water partition coefficient (Wildman–Crippen LogP) is -0.448.